The van der Waals surface area contributed by atoms with Gasteiger partial charge in [-0.25, -0.2) is 0 Å². The van der Waals surface area contributed by atoms with Crippen LogP contribution in [-0.2, 0) is 65.8 Å². The molecule has 0 amide bonds. The summed E-state index contributed by atoms with van der Waals surface area (Å²) in [6.45, 7) is 76.9. The maximum atomic E-state index is 12.4. The summed E-state index contributed by atoms with van der Waals surface area (Å²) in [5.41, 5.74) is 5.91. The Morgan fingerprint density at radius 3 is 1.05 bits per heavy atom. The number of esters is 5. The Bertz CT molecular complexity index is 2660. The first-order chi connectivity index (χ1) is 46.2. The lowest BCUT2D eigenvalue weighted by Crippen LogP contribution is -2.47. The van der Waals surface area contributed by atoms with Gasteiger partial charge < -0.3 is 23.7 Å². The van der Waals surface area contributed by atoms with Gasteiger partial charge in [0, 0.05) is 0 Å². The summed E-state index contributed by atoms with van der Waals surface area (Å²) in [4.78, 5) is 60.0. The van der Waals surface area contributed by atoms with Gasteiger partial charge in [-0.2, -0.15) is 0 Å². The molecule has 0 aromatic heterocycles. The zero-order valence-electron chi connectivity index (χ0n) is 72.1. The Hall–Kier alpha value is -4.21. The molecule has 3 aliphatic rings. The molecule has 0 aliphatic heterocycles. The van der Waals surface area contributed by atoms with Gasteiger partial charge in [0.1, 0.15) is 30.7 Å². The van der Waals surface area contributed by atoms with Crippen molar-refractivity contribution in [2.24, 2.45) is 105 Å². The van der Waals surface area contributed by atoms with Gasteiger partial charge in [-0.15, -0.1) is 0 Å². The van der Waals surface area contributed by atoms with E-state index < -0.39 is 0 Å². The Balaban J connectivity index is 0.000000633. The van der Waals surface area contributed by atoms with Crippen LogP contribution in [0.1, 0.15) is 354 Å². The molecule has 10 heteroatoms. The quantitative estimate of drug-likeness (QED) is 0.0676. The molecule has 0 spiro atoms. The molecule has 0 bridgehead atoms. The molecule has 10 nitrogen and oxygen atoms in total. The zero-order chi connectivity index (χ0) is 78.3. The van der Waals surface area contributed by atoms with Crippen LogP contribution in [0.4, 0.5) is 0 Å². The van der Waals surface area contributed by atoms with E-state index in [1.54, 1.807) is 0 Å². The number of benzene rings is 2. The SMILES string of the molecule is CCC(C)C(=O)OC1C(C(C)C)CC(C(C)(C)C)CC1C(C)C.CCC(C)C(=O)OC1C(C(C)C)CCCC1C(C)C.CCC(C)C(=O)OC1CCC(C(C)(C)C(C)(C)C)CC1.CCC(C)C(=O)OCc1ccc(C(C)(C)C)cc1.CCC(C)C(=O)Oc1cc(C(C)(C)C)cc(C(C)(C)C)c1. The predicted molar refractivity (Wildman–Crippen MR) is 426 cm³/mol. The lowest BCUT2D eigenvalue weighted by molar-refractivity contribution is -0.169. The second-order valence-corrected chi connectivity index (χ2v) is 38.6. The average Bonchev–Trinajstić information content (AvgIpc) is 0.810. The van der Waals surface area contributed by atoms with Crippen LogP contribution in [0.15, 0.2) is 42.5 Å². The highest BCUT2D eigenvalue weighted by Crippen LogP contribution is 2.51. The highest BCUT2D eigenvalue weighted by atomic mass is 16.6. The fourth-order valence-corrected chi connectivity index (χ4v) is 13.6. The first kappa shape index (κ1) is 94.8. The van der Waals surface area contributed by atoms with Crippen LogP contribution in [0, 0.1) is 105 Å². The van der Waals surface area contributed by atoms with Gasteiger partial charge in [-0.1, -0.05) is 279 Å². The Morgan fingerprint density at radius 1 is 0.386 bits per heavy atom. The minimum atomic E-state index is -0.150. The fourth-order valence-electron chi connectivity index (χ4n) is 13.6. The van der Waals surface area contributed by atoms with E-state index in [0.717, 1.165) is 56.4 Å². The van der Waals surface area contributed by atoms with Crippen molar-refractivity contribution in [2.45, 2.75) is 373 Å². The summed E-state index contributed by atoms with van der Waals surface area (Å²) in [5, 5.41) is 0. The van der Waals surface area contributed by atoms with Crippen molar-refractivity contribution in [1.29, 1.82) is 0 Å². The van der Waals surface area contributed by atoms with Crippen LogP contribution in [0.5, 0.6) is 5.75 Å². The molecule has 3 saturated carbocycles. The third-order valence-electron chi connectivity index (χ3n) is 24.1. The van der Waals surface area contributed by atoms with Crippen LogP contribution in [0.2, 0.25) is 0 Å². The Morgan fingerprint density at radius 2 is 0.723 bits per heavy atom. The molecule has 0 N–H and O–H groups in total. The van der Waals surface area contributed by atoms with Crippen LogP contribution >= 0.6 is 0 Å². The molecule has 584 valence electrons. The summed E-state index contributed by atoms with van der Waals surface area (Å²) < 4.78 is 28.6. The van der Waals surface area contributed by atoms with Crippen molar-refractivity contribution in [3.63, 3.8) is 0 Å². The maximum Gasteiger partial charge on any atom is 0.314 e. The fraction of sp³-hybridized carbons (Fsp3) is 0.813. The van der Waals surface area contributed by atoms with Gasteiger partial charge in [0.25, 0.3) is 0 Å². The number of rotatable bonds is 21. The average molecular weight is 1410 g/mol. The Labute approximate surface area is 623 Å². The number of carbonyl (C=O) groups is 5. The van der Waals surface area contributed by atoms with Gasteiger partial charge in [0.05, 0.1) is 29.6 Å². The minimum absolute atomic E-state index is 0.00279. The summed E-state index contributed by atoms with van der Waals surface area (Å²) >= 11 is 0. The van der Waals surface area contributed by atoms with E-state index in [9.17, 15) is 24.0 Å². The number of hydrogen-bond acceptors (Lipinski definition) is 10. The second kappa shape index (κ2) is 42.2. The van der Waals surface area contributed by atoms with Crippen LogP contribution in [0.25, 0.3) is 0 Å². The predicted octanol–water partition coefficient (Wildman–Crippen LogP) is 25.1. The van der Waals surface area contributed by atoms with Crippen molar-refractivity contribution >= 4 is 29.8 Å². The number of ether oxygens (including phenoxy) is 5. The van der Waals surface area contributed by atoms with E-state index in [4.69, 9.17) is 23.7 Å². The van der Waals surface area contributed by atoms with E-state index in [-0.39, 0.29) is 94.0 Å². The summed E-state index contributed by atoms with van der Waals surface area (Å²) in [7, 11) is 0. The van der Waals surface area contributed by atoms with Gasteiger partial charge in [-0.05, 0) is 210 Å². The molecule has 3 aliphatic carbocycles. The van der Waals surface area contributed by atoms with Crippen molar-refractivity contribution in [1.82, 2.24) is 0 Å². The van der Waals surface area contributed by atoms with Gasteiger partial charge in [0.2, 0.25) is 0 Å². The summed E-state index contributed by atoms with van der Waals surface area (Å²) in [6.07, 6.45) is 15.1. The van der Waals surface area contributed by atoms with E-state index in [1.807, 2.05) is 86.6 Å². The lowest BCUT2D eigenvalue weighted by atomic mass is 9.58. The minimum Gasteiger partial charge on any atom is -0.462 e. The molecule has 0 radical (unpaired) electrons. The van der Waals surface area contributed by atoms with Crippen LogP contribution in [0.3, 0.4) is 0 Å². The third-order valence-corrected chi connectivity index (χ3v) is 24.1. The van der Waals surface area contributed by atoms with Crippen LogP contribution < -0.4 is 4.74 Å². The summed E-state index contributed by atoms with van der Waals surface area (Å²) in [6, 6.07) is 14.5. The van der Waals surface area contributed by atoms with Crippen LogP contribution in [-0.4, -0.2) is 48.2 Å². The van der Waals surface area contributed by atoms with E-state index >= 15 is 0 Å². The standard InChI is InChI=1S/C21H40O2.C19H30O2.C18H34O2.C17H32O2.C16H24O2/c1-10-15(6)20(22)23-19-17(13(2)3)11-16(21(7,8)9)12-18(19)14(4)5;1-9-13(2)17(20)21-16-11-14(18(3,4)5)10-15(12-16)19(6,7)8;1-8-13(2)16(19)20-15-11-9-14(10-12-15)18(6,7)17(3,4)5;1-7-13(6)17(18)19-16-14(11(2)3)9-8-10-15(16)12(4)5;1-6-12(2)15(17)18-11-13-7-9-14(10-8-13)16(3,4)5/h13-19H,10-12H2,1-9H3;10-13H,9H2,1-8H3;13-15H,8-12H2,1-7H3;11-16H,7-10H2,1-6H3;7-10,12H,6,11H2,1-5H3. The number of hydrogen-bond donors (Lipinski definition) is 0. The van der Waals surface area contributed by atoms with E-state index in [2.05, 4.69) is 198 Å². The zero-order valence-corrected chi connectivity index (χ0v) is 72.1. The van der Waals surface area contributed by atoms with E-state index in [0.29, 0.717) is 81.9 Å². The monoisotopic (exact) mass is 1410 g/mol. The first-order valence-corrected chi connectivity index (χ1v) is 40.5. The third kappa shape index (κ3) is 31.4. The van der Waals surface area contributed by atoms with Gasteiger partial charge in [-0.3, -0.25) is 24.0 Å². The summed E-state index contributed by atoms with van der Waals surface area (Å²) in [5.74, 6) is 6.17. The molecular formula is C91H160O10. The van der Waals surface area contributed by atoms with Crippen molar-refractivity contribution < 1.29 is 47.7 Å². The van der Waals surface area contributed by atoms with Gasteiger partial charge >= 0.3 is 29.8 Å². The lowest BCUT2D eigenvalue weighted by Gasteiger charge is -2.48. The highest BCUT2D eigenvalue weighted by molar-refractivity contribution is 5.75. The van der Waals surface area contributed by atoms with E-state index in [1.165, 1.54) is 61.6 Å². The molecule has 2 aromatic rings. The largest absolute Gasteiger partial charge is 0.462 e. The normalized spacial score (nSPS) is 22.9. The molecule has 3 fully saturated rings. The Kier molecular flexibility index (Phi) is 39.6. The maximum absolute atomic E-state index is 12.4. The smallest absolute Gasteiger partial charge is 0.314 e. The highest BCUT2D eigenvalue weighted by Gasteiger charge is 2.47. The topological polar surface area (TPSA) is 132 Å². The van der Waals surface area contributed by atoms with Gasteiger partial charge in [0.15, 0.2) is 0 Å². The molecule has 0 heterocycles. The number of carbonyl (C=O) groups excluding carboxylic acids is 5. The molecule has 2 aromatic carbocycles. The molecule has 5 rings (SSSR count). The molecule has 0 saturated heterocycles. The first-order valence-electron chi connectivity index (χ1n) is 40.5. The second-order valence-electron chi connectivity index (χ2n) is 38.6. The molecule has 101 heavy (non-hydrogen) atoms. The molecule has 9 unspecified atom stereocenters. The van der Waals surface area contributed by atoms with Crippen molar-refractivity contribution in [2.75, 3.05) is 0 Å². The molecular weight excluding hydrogens is 1250 g/mol. The molecule has 9 atom stereocenters. The van der Waals surface area contributed by atoms with Crippen molar-refractivity contribution in [3.8, 4) is 5.75 Å². The van der Waals surface area contributed by atoms with Crippen molar-refractivity contribution in [3.05, 3.63) is 64.7 Å².